The van der Waals surface area contributed by atoms with Crippen molar-refractivity contribution in [2.24, 2.45) is 23.2 Å². The Labute approximate surface area is 160 Å². The van der Waals surface area contributed by atoms with E-state index in [9.17, 15) is 9.59 Å². The average Bonchev–Trinajstić information content (AvgIpc) is 2.58. The lowest BCUT2D eigenvalue weighted by Gasteiger charge is -2.55. The van der Waals surface area contributed by atoms with Crippen LogP contribution in [-0.2, 0) is 16.1 Å². The minimum atomic E-state index is -0.194. The molecule has 4 aliphatic carbocycles. The summed E-state index contributed by atoms with van der Waals surface area (Å²) in [7, 11) is 1.76. The van der Waals surface area contributed by atoms with Crippen LogP contribution in [0.4, 0.5) is 0 Å². The molecule has 140 valence electrons. The highest BCUT2D eigenvalue weighted by Gasteiger charge is 2.54. The van der Waals surface area contributed by atoms with Crippen LogP contribution in [0.5, 0.6) is 0 Å². The summed E-state index contributed by atoms with van der Waals surface area (Å²) < 4.78 is 0. The molecule has 0 aliphatic heterocycles. The number of carbonyl (C=O) groups is 2. The molecule has 4 fully saturated rings. The van der Waals surface area contributed by atoms with Crippen LogP contribution in [0.2, 0.25) is 5.02 Å². The van der Waals surface area contributed by atoms with Gasteiger partial charge in [0.2, 0.25) is 11.8 Å². The first kappa shape index (κ1) is 17.8. The van der Waals surface area contributed by atoms with E-state index in [0.717, 1.165) is 42.6 Å². The molecular formula is C21H27ClN2O2. The number of rotatable bonds is 5. The van der Waals surface area contributed by atoms with Crippen molar-refractivity contribution in [2.75, 3.05) is 13.6 Å². The maximum atomic E-state index is 12.9. The number of hydrogen-bond donors (Lipinski definition) is 1. The molecule has 4 aliphatic rings. The highest BCUT2D eigenvalue weighted by molar-refractivity contribution is 6.30. The Balaban J connectivity index is 1.32. The zero-order chi connectivity index (χ0) is 18.3. The first-order chi connectivity index (χ1) is 12.4. The second kappa shape index (κ2) is 6.88. The molecule has 0 heterocycles. The van der Waals surface area contributed by atoms with Gasteiger partial charge in [-0.2, -0.15) is 0 Å². The van der Waals surface area contributed by atoms with E-state index in [1.54, 1.807) is 11.9 Å². The van der Waals surface area contributed by atoms with Gasteiger partial charge in [0.25, 0.3) is 0 Å². The second-order valence-corrected chi connectivity index (χ2v) is 9.20. The van der Waals surface area contributed by atoms with Crippen LogP contribution in [0.25, 0.3) is 0 Å². The third kappa shape index (κ3) is 3.48. The van der Waals surface area contributed by atoms with Crippen LogP contribution in [0.1, 0.15) is 44.1 Å². The van der Waals surface area contributed by atoms with Gasteiger partial charge in [0, 0.05) is 24.0 Å². The van der Waals surface area contributed by atoms with E-state index < -0.39 is 0 Å². The van der Waals surface area contributed by atoms with E-state index in [0.29, 0.717) is 11.6 Å². The normalized spacial score (nSPS) is 31.7. The monoisotopic (exact) mass is 374 g/mol. The van der Waals surface area contributed by atoms with Crippen LogP contribution in [0.3, 0.4) is 0 Å². The smallest absolute Gasteiger partial charge is 0.242 e. The first-order valence-electron chi connectivity index (χ1n) is 9.70. The summed E-state index contributed by atoms with van der Waals surface area (Å²) in [6.07, 6.45) is 7.02. The molecule has 5 heteroatoms. The van der Waals surface area contributed by atoms with Gasteiger partial charge in [-0.25, -0.2) is 0 Å². The summed E-state index contributed by atoms with van der Waals surface area (Å²) in [5, 5.41) is 3.63. The maximum absolute atomic E-state index is 12.9. The van der Waals surface area contributed by atoms with E-state index in [1.807, 2.05) is 24.3 Å². The number of hydrogen-bond acceptors (Lipinski definition) is 2. The summed E-state index contributed by atoms with van der Waals surface area (Å²) in [5.41, 5.74) is 0.793. The van der Waals surface area contributed by atoms with E-state index in [4.69, 9.17) is 11.6 Å². The van der Waals surface area contributed by atoms with Crippen LogP contribution < -0.4 is 5.32 Å². The topological polar surface area (TPSA) is 49.4 Å². The number of likely N-dealkylation sites (N-methyl/N-ethyl adjacent to an activating group) is 1. The SMILES string of the molecule is CN(Cc1cccc(Cl)c1)C(=O)CNC(=O)C12CC3CC(CC(C3)C1)C2. The fourth-order valence-corrected chi connectivity index (χ4v) is 6.08. The number of halogens is 1. The predicted molar refractivity (Wildman–Crippen MR) is 102 cm³/mol. The molecule has 0 unspecified atom stereocenters. The highest BCUT2D eigenvalue weighted by Crippen LogP contribution is 2.60. The van der Waals surface area contributed by atoms with E-state index in [-0.39, 0.29) is 23.8 Å². The largest absolute Gasteiger partial charge is 0.347 e. The van der Waals surface area contributed by atoms with Crippen molar-refractivity contribution in [1.82, 2.24) is 10.2 Å². The number of nitrogens with zero attached hydrogens (tertiary/aromatic N) is 1. The van der Waals surface area contributed by atoms with Crippen molar-refractivity contribution >= 4 is 23.4 Å². The Kier molecular flexibility index (Phi) is 4.72. The number of benzene rings is 1. The summed E-state index contributed by atoms with van der Waals surface area (Å²) in [5.74, 6) is 2.23. The lowest BCUT2D eigenvalue weighted by atomic mass is 9.49. The molecular weight excluding hydrogens is 348 g/mol. The quantitative estimate of drug-likeness (QED) is 0.855. The molecule has 0 spiro atoms. The lowest BCUT2D eigenvalue weighted by molar-refractivity contribution is -0.147. The molecule has 0 radical (unpaired) electrons. The fraction of sp³-hybridized carbons (Fsp3) is 0.619. The summed E-state index contributed by atoms with van der Waals surface area (Å²) in [6, 6.07) is 7.51. The minimum Gasteiger partial charge on any atom is -0.347 e. The number of carbonyl (C=O) groups excluding carboxylic acids is 2. The lowest BCUT2D eigenvalue weighted by Crippen LogP contribution is -2.54. The Morgan fingerprint density at radius 3 is 2.35 bits per heavy atom. The average molecular weight is 375 g/mol. The highest BCUT2D eigenvalue weighted by atomic mass is 35.5. The van der Waals surface area contributed by atoms with Crippen molar-refractivity contribution in [1.29, 1.82) is 0 Å². The molecule has 5 rings (SSSR count). The number of amides is 2. The van der Waals surface area contributed by atoms with Gasteiger partial charge in [-0.1, -0.05) is 23.7 Å². The van der Waals surface area contributed by atoms with Crippen molar-refractivity contribution in [3.63, 3.8) is 0 Å². The number of nitrogens with one attached hydrogen (secondary N) is 1. The van der Waals surface area contributed by atoms with E-state index in [2.05, 4.69) is 5.32 Å². The fourth-order valence-electron chi connectivity index (χ4n) is 5.86. The van der Waals surface area contributed by atoms with Crippen molar-refractivity contribution in [2.45, 2.75) is 45.1 Å². The molecule has 0 atom stereocenters. The summed E-state index contributed by atoms with van der Waals surface area (Å²) in [6.45, 7) is 0.574. The zero-order valence-corrected chi connectivity index (χ0v) is 16.1. The van der Waals surface area contributed by atoms with Crippen molar-refractivity contribution in [3.8, 4) is 0 Å². The standard InChI is InChI=1S/C21H27ClN2O2/c1-24(13-14-3-2-4-18(22)8-14)19(25)12-23-20(26)21-9-15-5-16(10-21)7-17(6-15)11-21/h2-4,8,15-17H,5-7,9-13H2,1H3,(H,23,26). The van der Waals surface area contributed by atoms with Gasteiger partial charge < -0.3 is 10.2 Å². The first-order valence-corrected chi connectivity index (χ1v) is 10.1. The van der Waals surface area contributed by atoms with Gasteiger partial charge in [-0.3, -0.25) is 9.59 Å². The van der Waals surface area contributed by atoms with Gasteiger partial charge in [0.05, 0.1) is 6.54 Å². The maximum Gasteiger partial charge on any atom is 0.242 e. The molecule has 2 amide bonds. The predicted octanol–water partition coefficient (Wildman–Crippen LogP) is 3.63. The molecule has 0 aromatic heterocycles. The Bertz CT molecular complexity index is 682. The van der Waals surface area contributed by atoms with Crippen LogP contribution >= 0.6 is 11.6 Å². The van der Waals surface area contributed by atoms with E-state index in [1.165, 1.54) is 19.3 Å². The van der Waals surface area contributed by atoms with Crippen molar-refractivity contribution in [3.05, 3.63) is 34.9 Å². The van der Waals surface area contributed by atoms with Crippen molar-refractivity contribution < 1.29 is 9.59 Å². The van der Waals surface area contributed by atoms with Gasteiger partial charge in [-0.05, 0) is 74.0 Å². The molecule has 1 aromatic carbocycles. The molecule has 4 bridgehead atoms. The van der Waals surface area contributed by atoms with Gasteiger partial charge in [-0.15, -0.1) is 0 Å². The van der Waals surface area contributed by atoms with Crippen LogP contribution in [-0.4, -0.2) is 30.3 Å². The van der Waals surface area contributed by atoms with Gasteiger partial charge in [0.1, 0.15) is 0 Å². The van der Waals surface area contributed by atoms with Gasteiger partial charge in [0.15, 0.2) is 0 Å². The molecule has 4 saturated carbocycles. The van der Waals surface area contributed by atoms with E-state index >= 15 is 0 Å². The van der Waals surface area contributed by atoms with Gasteiger partial charge >= 0.3 is 0 Å². The Morgan fingerprint density at radius 2 is 1.77 bits per heavy atom. The summed E-state index contributed by atoms with van der Waals surface area (Å²) in [4.78, 5) is 27.0. The Hall–Kier alpha value is -1.55. The second-order valence-electron chi connectivity index (χ2n) is 8.76. The third-order valence-electron chi connectivity index (χ3n) is 6.65. The molecule has 26 heavy (non-hydrogen) atoms. The molecule has 1 N–H and O–H groups in total. The molecule has 1 aromatic rings. The molecule has 4 nitrogen and oxygen atoms in total. The minimum absolute atomic E-state index is 0.0666. The summed E-state index contributed by atoms with van der Waals surface area (Å²) >= 11 is 6.00. The molecule has 0 saturated heterocycles. The third-order valence-corrected chi connectivity index (χ3v) is 6.89. The van der Waals surface area contributed by atoms with Crippen LogP contribution in [0, 0.1) is 23.2 Å². The van der Waals surface area contributed by atoms with Crippen LogP contribution in [0.15, 0.2) is 24.3 Å². The zero-order valence-electron chi connectivity index (χ0n) is 15.3. The Morgan fingerprint density at radius 1 is 1.15 bits per heavy atom.